The van der Waals surface area contributed by atoms with E-state index in [1.807, 2.05) is 0 Å². The normalized spacial score (nSPS) is 13.3. The molecule has 2 rings (SSSR count). The predicted molar refractivity (Wildman–Crippen MR) is 77.1 cm³/mol. The van der Waals surface area contributed by atoms with E-state index >= 15 is 0 Å². The molecule has 0 unspecified atom stereocenters. The molecular formula is C15H16N2O4. The van der Waals surface area contributed by atoms with Crippen LogP contribution in [0.5, 0.6) is 5.75 Å². The highest BCUT2D eigenvalue weighted by molar-refractivity contribution is 5.95. The molecule has 0 aromatic heterocycles. The van der Waals surface area contributed by atoms with Gasteiger partial charge >= 0.3 is 5.69 Å². The Hall–Kier alpha value is -2.55. The van der Waals surface area contributed by atoms with Crippen LogP contribution in [0.1, 0.15) is 23.2 Å². The van der Waals surface area contributed by atoms with Crippen LogP contribution in [-0.4, -0.2) is 35.9 Å². The molecule has 0 spiro atoms. The van der Waals surface area contributed by atoms with Crippen molar-refractivity contribution in [3.05, 3.63) is 33.9 Å². The van der Waals surface area contributed by atoms with Crippen molar-refractivity contribution in [3.8, 4) is 18.1 Å². The van der Waals surface area contributed by atoms with E-state index in [9.17, 15) is 14.9 Å². The molecule has 1 aromatic carbocycles. The standard InChI is InChI=1S/C15H16N2O4/c1-3-8-16(10-11-4-5-11)15(18)12-6-7-14(21-2)13(9-12)17(19)20/h1,6-7,9,11H,4-5,8,10H2,2H3. The third kappa shape index (κ3) is 3.51. The Bertz CT molecular complexity index is 602. The minimum Gasteiger partial charge on any atom is -0.490 e. The Morgan fingerprint density at radius 2 is 2.29 bits per heavy atom. The molecule has 0 radical (unpaired) electrons. The van der Waals surface area contributed by atoms with Gasteiger partial charge in [-0.05, 0) is 30.9 Å². The maximum absolute atomic E-state index is 12.4. The minimum absolute atomic E-state index is 0.127. The van der Waals surface area contributed by atoms with Gasteiger partial charge in [-0.15, -0.1) is 6.42 Å². The van der Waals surface area contributed by atoms with Gasteiger partial charge in [0.25, 0.3) is 5.91 Å². The van der Waals surface area contributed by atoms with E-state index in [1.54, 1.807) is 4.90 Å². The Morgan fingerprint density at radius 1 is 1.57 bits per heavy atom. The van der Waals surface area contributed by atoms with Crippen molar-refractivity contribution in [2.24, 2.45) is 5.92 Å². The number of nitrogens with zero attached hydrogens (tertiary/aromatic N) is 2. The van der Waals surface area contributed by atoms with Crippen molar-refractivity contribution in [1.82, 2.24) is 4.90 Å². The molecule has 1 aliphatic rings. The highest BCUT2D eigenvalue weighted by Gasteiger charge is 2.28. The molecule has 1 aromatic rings. The summed E-state index contributed by atoms with van der Waals surface area (Å²) in [6.07, 6.45) is 7.48. The highest BCUT2D eigenvalue weighted by atomic mass is 16.6. The van der Waals surface area contributed by atoms with E-state index in [-0.39, 0.29) is 29.5 Å². The number of methoxy groups -OCH3 is 1. The van der Waals surface area contributed by atoms with E-state index in [0.29, 0.717) is 12.5 Å². The van der Waals surface area contributed by atoms with Gasteiger partial charge in [0.2, 0.25) is 0 Å². The Kier molecular flexibility index (Phi) is 4.43. The van der Waals surface area contributed by atoms with Gasteiger partial charge in [-0.1, -0.05) is 5.92 Å². The number of hydrogen-bond acceptors (Lipinski definition) is 4. The van der Waals surface area contributed by atoms with E-state index in [1.165, 1.54) is 25.3 Å². The van der Waals surface area contributed by atoms with Crippen molar-refractivity contribution in [3.63, 3.8) is 0 Å². The zero-order valence-corrected chi connectivity index (χ0v) is 11.7. The minimum atomic E-state index is -0.567. The number of benzene rings is 1. The molecule has 0 bridgehead atoms. The molecule has 6 nitrogen and oxygen atoms in total. The summed E-state index contributed by atoms with van der Waals surface area (Å²) in [5, 5.41) is 11.0. The van der Waals surface area contributed by atoms with Crippen molar-refractivity contribution in [2.45, 2.75) is 12.8 Å². The number of amides is 1. The molecule has 0 heterocycles. The molecule has 0 saturated heterocycles. The lowest BCUT2D eigenvalue weighted by Gasteiger charge is -2.20. The van der Waals surface area contributed by atoms with E-state index in [2.05, 4.69) is 5.92 Å². The zero-order valence-electron chi connectivity index (χ0n) is 11.7. The lowest BCUT2D eigenvalue weighted by atomic mass is 10.1. The fraction of sp³-hybridized carbons (Fsp3) is 0.400. The molecule has 0 atom stereocenters. The number of nitro benzene ring substituents is 1. The summed E-state index contributed by atoms with van der Waals surface area (Å²) >= 11 is 0. The van der Waals surface area contributed by atoms with Gasteiger partial charge in [-0.3, -0.25) is 14.9 Å². The fourth-order valence-electron chi connectivity index (χ4n) is 2.09. The molecular weight excluding hydrogens is 272 g/mol. The quantitative estimate of drug-likeness (QED) is 0.456. The molecule has 0 N–H and O–H groups in total. The summed E-state index contributed by atoms with van der Waals surface area (Å²) in [6, 6.07) is 4.18. The maximum atomic E-state index is 12.4. The van der Waals surface area contributed by atoms with Gasteiger partial charge in [0.15, 0.2) is 5.75 Å². The second kappa shape index (κ2) is 6.27. The summed E-state index contributed by atoms with van der Waals surface area (Å²) in [5.74, 6) is 2.79. The number of nitro groups is 1. The summed E-state index contributed by atoms with van der Waals surface area (Å²) in [5.41, 5.74) is 0.0221. The SMILES string of the molecule is C#CCN(CC1CC1)C(=O)c1ccc(OC)c([N+](=O)[O-])c1. The van der Waals surface area contributed by atoms with Crippen LogP contribution < -0.4 is 4.74 Å². The zero-order chi connectivity index (χ0) is 15.4. The van der Waals surface area contributed by atoms with Gasteiger partial charge in [0.05, 0.1) is 18.6 Å². The van der Waals surface area contributed by atoms with Crippen molar-refractivity contribution < 1.29 is 14.5 Å². The molecule has 1 aliphatic carbocycles. The van der Waals surface area contributed by atoms with Crippen LogP contribution in [0.2, 0.25) is 0 Å². The van der Waals surface area contributed by atoms with E-state index in [4.69, 9.17) is 11.2 Å². The summed E-state index contributed by atoms with van der Waals surface area (Å²) in [6.45, 7) is 0.804. The molecule has 0 aliphatic heterocycles. The third-order valence-electron chi connectivity index (χ3n) is 3.37. The molecule has 6 heteroatoms. The maximum Gasteiger partial charge on any atom is 0.311 e. The summed E-state index contributed by atoms with van der Waals surface area (Å²) in [4.78, 5) is 24.4. The molecule has 21 heavy (non-hydrogen) atoms. The van der Waals surface area contributed by atoms with Gasteiger partial charge in [0, 0.05) is 18.2 Å². The van der Waals surface area contributed by atoms with Crippen molar-refractivity contribution in [1.29, 1.82) is 0 Å². The summed E-state index contributed by atoms with van der Waals surface area (Å²) in [7, 11) is 1.35. The van der Waals surface area contributed by atoms with Gasteiger partial charge in [0.1, 0.15) is 0 Å². The second-order valence-electron chi connectivity index (χ2n) is 4.98. The Balaban J connectivity index is 2.26. The molecule has 1 fully saturated rings. The van der Waals surface area contributed by atoms with Gasteiger partial charge < -0.3 is 9.64 Å². The van der Waals surface area contributed by atoms with Crippen LogP contribution in [0.15, 0.2) is 18.2 Å². The fourth-order valence-corrected chi connectivity index (χ4v) is 2.09. The average molecular weight is 288 g/mol. The molecule has 1 amide bonds. The number of carbonyl (C=O) groups excluding carboxylic acids is 1. The third-order valence-corrected chi connectivity index (χ3v) is 3.37. The highest BCUT2D eigenvalue weighted by Crippen LogP contribution is 2.31. The van der Waals surface area contributed by atoms with E-state index in [0.717, 1.165) is 12.8 Å². The van der Waals surface area contributed by atoms with Crippen LogP contribution in [-0.2, 0) is 0 Å². The number of ether oxygens (including phenoxy) is 1. The van der Waals surface area contributed by atoms with Crippen molar-refractivity contribution >= 4 is 11.6 Å². The number of rotatable bonds is 6. The largest absolute Gasteiger partial charge is 0.490 e. The predicted octanol–water partition coefficient (Wildman–Crippen LogP) is 2.09. The van der Waals surface area contributed by atoms with Crippen LogP contribution in [0.4, 0.5) is 5.69 Å². The number of hydrogen-bond donors (Lipinski definition) is 0. The number of carbonyl (C=O) groups is 1. The smallest absolute Gasteiger partial charge is 0.311 e. The summed E-state index contributed by atoms with van der Waals surface area (Å²) < 4.78 is 4.92. The second-order valence-corrected chi connectivity index (χ2v) is 4.98. The van der Waals surface area contributed by atoms with Crippen LogP contribution in [0.3, 0.4) is 0 Å². The molecule has 110 valence electrons. The van der Waals surface area contributed by atoms with Gasteiger partial charge in [-0.2, -0.15) is 0 Å². The first kappa shape index (κ1) is 14.9. The topological polar surface area (TPSA) is 72.7 Å². The molecule has 1 saturated carbocycles. The lowest BCUT2D eigenvalue weighted by molar-refractivity contribution is -0.385. The van der Waals surface area contributed by atoms with E-state index < -0.39 is 4.92 Å². The Morgan fingerprint density at radius 3 is 2.81 bits per heavy atom. The first-order valence-corrected chi connectivity index (χ1v) is 6.62. The van der Waals surface area contributed by atoms with Crippen molar-refractivity contribution in [2.75, 3.05) is 20.2 Å². The first-order valence-electron chi connectivity index (χ1n) is 6.62. The monoisotopic (exact) mass is 288 g/mol. The number of terminal acetylenes is 1. The lowest BCUT2D eigenvalue weighted by Crippen LogP contribution is -2.33. The van der Waals surface area contributed by atoms with Gasteiger partial charge in [-0.25, -0.2) is 0 Å². The van der Waals surface area contributed by atoms with Crippen LogP contribution >= 0.6 is 0 Å². The Labute approximate surface area is 122 Å². The van der Waals surface area contributed by atoms with Crippen LogP contribution in [0.25, 0.3) is 0 Å². The average Bonchev–Trinajstić information content (AvgIpc) is 3.29. The first-order chi connectivity index (χ1) is 10.1. The van der Waals surface area contributed by atoms with Crippen LogP contribution in [0, 0.1) is 28.4 Å².